The largest absolute Gasteiger partial charge is 0.457 e. The lowest BCUT2D eigenvalue weighted by atomic mass is 9.83. The first-order valence-corrected chi connectivity index (χ1v) is 13.5. The van der Waals surface area contributed by atoms with Crippen LogP contribution >= 0.6 is 0 Å². The minimum Gasteiger partial charge on any atom is -0.457 e. The number of hydrogen-bond donors (Lipinski definition) is 1. The quantitative estimate of drug-likeness (QED) is 0.199. The van der Waals surface area contributed by atoms with Crippen molar-refractivity contribution in [2.45, 2.75) is 102 Å². The number of esters is 1. The monoisotopic (exact) mass is 511 g/mol. The van der Waals surface area contributed by atoms with Gasteiger partial charge in [-0.15, -0.1) is 0 Å². The highest BCUT2D eigenvalue weighted by atomic mass is 16.6. The molecule has 202 valence electrons. The predicted molar refractivity (Wildman–Crippen MR) is 141 cm³/mol. The van der Waals surface area contributed by atoms with Crippen LogP contribution in [-0.4, -0.2) is 47.9 Å². The third kappa shape index (κ3) is 8.44. The molecule has 7 heteroatoms. The molecule has 4 rings (SSSR count). The van der Waals surface area contributed by atoms with Gasteiger partial charge in [-0.2, -0.15) is 0 Å². The molecule has 3 fully saturated rings. The van der Waals surface area contributed by atoms with Gasteiger partial charge in [0, 0.05) is 25.0 Å². The van der Waals surface area contributed by atoms with E-state index in [1.165, 1.54) is 17.9 Å². The molecule has 1 amide bonds. The third-order valence-corrected chi connectivity index (χ3v) is 7.42. The standard InChI is InChI=1S/C30H41NO6/c1-21(8-15-25-18-30(20-35-30)19-29(3,4)37-25)7-10-23-11-13-24(14-12-23)31-27(32)16-9-22(2)36-28(33)26-6-5-17-34-26/h5-9,15-17,22-25H,10-14,18-20H2,1-4H3,(H,31,32)/b15-8+,16-9-,21-7+/t22-,23-,24-,25+,30+/m0/s1. The maximum Gasteiger partial charge on any atom is 0.374 e. The second-order valence-corrected chi connectivity index (χ2v) is 11.5. The van der Waals surface area contributed by atoms with E-state index in [0.717, 1.165) is 51.6 Å². The molecule has 1 aliphatic carbocycles. The smallest absolute Gasteiger partial charge is 0.374 e. The van der Waals surface area contributed by atoms with Crippen molar-refractivity contribution in [1.82, 2.24) is 5.32 Å². The highest BCUT2D eigenvalue weighted by Gasteiger charge is 2.53. The number of nitrogens with one attached hydrogen (secondary N) is 1. The molecule has 0 aromatic carbocycles. The van der Waals surface area contributed by atoms with E-state index >= 15 is 0 Å². The fourth-order valence-electron chi connectivity index (χ4n) is 5.49. The normalized spacial score (nSPS) is 30.5. The summed E-state index contributed by atoms with van der Waals surface area (Å²) in [6.07, 6.45) is 17.8. The Hall–Kier alpha value is -2.64. The van der Waals surface area contributed by atoms with Gasteiger partial charge in [0.1, 0.15) is 6.10 Å². The summed E-state index contributed by atoms with van der Waals surface area (Å²) in [4.78, 5) is 24.2. The van der Waals surface area contributed by atoms with Crippen LogP contribution in [-0.2, 0) is 19.0 Å². The molecule has 0 unspecified atom stereocenters. The van der Waals surface area contributed by atoms with Gasteiger partial charge in [-0.1, -0.05) is 23.8 Å². The van der Waals surface area contributed by atoms with Crippen LogP contribution in [0.3, 0.4) is 0 Å². The lowest BCUT2D eigenvalue weighted by molar-refractivity contribution is -0.117. The average molecular weight is 512 g/mol. The summed E-state index contributed by atoms with van der Waals surface area (Å²) in [5.74, 6) is 0.0809. The highest BCUT2D eigenvalue weighted by Crippen LogP contribution is 2.46. The van der Waals surface area contributed by atoms with Crippen LogP contribution in [0.15, 0.2) is 58.8 Å². The molecule has 1 spiro atoms. The molecule has 3 heterocycles. The van der Waals surface area contributed by atoms with Crippen molar-refractivity contribution in [3.05, 3.63) is 60.1 Å². The van der Waals surface area contributed by atoms with E-state index in [4.69, 9.17) is 18.6 Å². The Morgan fingerprint density at radius 2 is 1.97 bits per heavy atom. The predicted octanol–water partition coefficient (Wildman–Crippen LogP) is 5.68. The van der Waals surface area contributed by atoms with Crippen LogP contribution in [0.1, 0.15) is 83.2 Å². The van der Waals surface area contributed by atoms with Crippen LogP contribution in [0, 0.1) is 5.92 Å². The van der Waals surface area contributed by atoms with Gasteiger partial charge in [0.25, 0.3) is 0 Å². The first-order valence-electron chi connectivity index (χ1n) is 13.5. The zero-order valence-electron chi connectivity index (χ0n) is 22.5. The maximum absolute atomic E-state index is 12.3. The molecule has 1 aromatic heterocycles. The van der Waals surface area contributed by atoms with Crippen LogP contribution in [0.25, 0.3) is 0 Å². The second kappa shape index (κ2) is 11.8. The number of rotatable bonds is 9. The minimum atomic E-state index is -0.548. The summed E-state index contributed by atoms with van der Waals surface area (Å²) in [6, 6.07) is 3.35. The summed E-state index contributed by atoms with van der Waals surface area (Å²) in [5.41, 5.74) is 1.17. The second-order valence-electron chi connectivity index (χ2n) is 11.5. The van der Waals surface area contributed by atoms with E-state index in [9.17, 15) is 9.59 Å². The first-order chi connectivity index (χ1) is 17.6. The SMILES string of the molecule is CC(/C=C/[C@@H]1C[C@]2(CO2)CC(C)(C)O1)=C\C[C@H]1CC[C@H](NC(=O)/C=C\[C@H](C)OC(=O)c2ccco2)CC1. The van der Waals surface area contributed by atoms with Crippen molar-refractivity contribution in [3.8, 4) is 0 Å². The number of amides is 1. The lowest BCUT2D eigenvalue weighted by Crippen LogP contribution is -2.43. The summed E-state index contributed by atoms with van der Waals surface area (Å²) in [6.45, 7) is 9.02. The molecule has 7 nitrogen and oxygen atoms in total. The van der Waals surface area contributed by atoms with Crippen LogP contribution in [0.2, 0.25) is 0 Å². The Kier molecular flexibility index (Phi) is 8.75. The fourth-order valence-corrected chi connectivity index (χ4v) is 5.49. The third-order valence-electron chi connectivity index (χ3n) is 7.42. The van der Waals surface area contributed by atoms with E-state index in [2.05, 4.69) is 44.3 Å². The van der Waals surface area contributed by atoms with Gasteiger partial charge in [-0.25, -0.2) is 4.79 Å². The van der Waals surface area contributed by atoms with E-state index in [1.807, 2.05) is 0 Å². The summed E-state index contributed by atoms with van der Waals surface area (Å²) >= 11 is 0. The van der Waals surface area contributed by atoms with E-state index in [-0.39, 0.29) is 35.0 Å². The molecule has 0 radical (unpaired) electrons. The molecular weight excluding hydrogens is 470 g/mol. The Balaban J connectivity index is 1.13. The number of furan rings is 1. The Morgan fingerprint density at radius 3 is 2.65 bits per heavy atom. The van der Waals surface area contributed by atoms with E-state index < -0.39 is 12.1 Å². The van der Waals surface area contributed by atoms with Gasteiger partial charge in [0.05, 0.1) is 30.2 Å². The van der Waals surface area contributed by atoms with Gasteiger partial charge >= 0.3 is 5.97 Å². The maximum atomic E-state index is 12.3. The van der Waals surface area contributed by atoms with E-state index in [0.29, 0.717) is 5.92 Å². The minimum absolute atomic E-state index is 0.0453. The molecule has 2 saturated heterocycles. The molecule has 1 aromatic rings. The Labute approximate surface area is 220 Å². The number of carbonyl (C=O) groups excluding carboxylic acids is 2. The van der Waals surface area contributed by atoms with Crippen molar-refractivity contribution in [1.29, 1.82) is 0 Å². The number of epoxide rings is 1. The first kappa shape index (κ1) is 27.4. The van der Waals surface area contributed by atoms with Crippen LogP contribution in [0.5, 0.6) is 0 Å². The summed E-state index contributed by atoms with van der Waals surface area (Å²) < 4.78 is 22.2. The van der Waals surface area contributed by atoms with Crippen LogP contribution in [0.4, 0.5) is 0 Å². The van der Waals surface area contributed by atoms with Gasteiger partial charge in [0.15, 0.2) is 0 Å². The molecule has 37 heavy (non-hydrogen) atoms. The number of carbonyl (C=O) groups is 2. The van der Waals surface area contributed by atoms with Gasteiger partial charge in [-0.3, -0.25) is 4.79 Å². The van der Waals surface area contributed by atoms with Gasteiger partial charge < -0.3 is 23.9 Å². The fraction of sp³-hybridized carbons (Fsp3) is 0.600. The number of ether oxygens (including phenoxy) is 3. The Bertz CT molecular complexity index is 1000. The lowest BCUT2D eigenvalue weighted by Gasteiger charge is -2.38. The number of allylic oxidation sites excluding steroid dienone is 3. The molecule has 2 aliphatic heterocycles. The summed E-state index contributed by atoms with van der Waals surface area (Å²) in [5, 5.41) is 3.08. The van der Waals surface area contributed by atoms with E-state index in [1.54, 1.807) is 25.1 Å². The van der Waals surface area contributed by atoms with Crippen molar-refractivity contribution in [2.24, 2.45) is 5.92 Å². The zero-order chi connectivity index (χ0) is 26.5. The topological polar surface area (TPSA) is 90.3 Å². The van der Waals surface area contributed by atoms with Crippen LogP contribution < -0.4 is 5.32 Å². The molecule has 3 atom stereocenters. The van der Waals surface area contributed by atoms with Crippen molar-refractivity contribution >= 4 is 11.9 Å². The molecule has 1 saturated carbocycles. The molecular formula is C30H41NO6. The molecule has 0 bridgehead atoms. The highest BCUT2D eigenvalue weighted by molar-refractivity contribution is 5.88. The molecule has 3 aliphatic rings. The Morgan fingerprint density at radius 1 is 1.22 bits per heavy atom. The van der Waals surface area contributed by atoms with Crippen molar-refractivity contribution in [2.75, 3.05) is 6.61 Å². The zero-order valence-corrected chi connectivity index (χ0v) is 22.5. The molecule has 1 N–H and O–H groups in total. The van der Waals surface area contributed by atoms with Crippen molar-refractivity contribution in [3.63, 3.8) is 0 Å². The number of hydrogen-bond acceptors (Lipinski definition) is 6. The van der Waals surface area contributed by atoms with Gasteiger partial charge in [-0.05, 0) is 83.9 Å². The average Bonchev–Trinajstić information content (AvgIpc) is 3.33. The van der Waals surface area contributed by atoms with Crippen molar-refractivity contribution < 1.29 is 28.2 Å². The van der Waals surface area contributed by atoms with Gasteiger partial charge in [0.2, 0.25) is 11.7 Å². The summed E-state index contributed by atoms with van der Waals surface area (Å²) in [7, 11) is 0.